The summed E-state index contributed by atoms with van der Waals surface area (Å²) in [4.78, 5) is 18.8. The second kappa shape index (κ2) is 8.48. The topological polar surface area (TPSA) is 97.2 Å². The molecule has 1 aromatic carbocycles. The molecule has 35 heavy (non-hydrogen) atoms. The molecule has 176 valence electrons. The second-order valence-electron chi connectivity index (χ2n) is 9.46. The molecular weight excluding hydrogens is 474 g/mol. The predicted molar refractivity (Wildman–Crippen MR) is 139 cm³/mol. The van der Waals surface area contributed by atoms with E-state index >= 15 is 0 Å². The van der Waals surface area contributed by atoms with Gasteiger partial charge in [-0.1, -0.05) is 23.5 Å². The highest BCUT2D eigenvalue weighted by Gasteiger charge is 2.43. The van der Waals surface area contributed by atoms with Gasteiger partial charge in [0.05, 0.1) is 28.1 Å². The largest absolute Gasteiger partial charge is 0.384 e. The molecule has 1 aliphatic carbocycles. The summed E-state index contributed by atoms with van der Waals surface area (Å²) in [6, 6.07) is 12.9. The molecule has 1 atom stereocenters. The SMILES string of the molecule is CSc1ccc(C2C(C#N)=C(N)N(c3sc4c(c3C#N)C3CCN4CC3)C3=C2C(=O)CCC3)cc1. The van der Waals surface area contributed by atoms with Gasteiger partial charge in [-0.05, 0) is 55.6 Å². The van der Waals surface area contributed by atoms with Crippen molar-refractivity contribution < 1.29 is 4.79 Å². The van der Waals surface area contributed by atoms with Gasteiger partial charge in [0.25, 0.3) is 0 Å². The number of benzene rings is 1. The van der Waals surface area contributed by atoms with Gasteiger partial charge in [0, 0.05) is 41.2 Å². The molecule has 4 aliphatic heterocycles. The summed E-state index contributed by atoms with van der Waals surface area (Å²) in [7, 11) is 0. The first-order valence-corrected chi connectivity index (χ1v) is 14.0. The quantitative estimate of drug-likeness (QED) is 0.569. The molecule has 7 rings (SSSR count). The number of thioether (sulfide) groups is 1. The predicted octanol–water partition coefficient (Wildman–Crippen LogP) is 5.34. The Morgan fingerprint density at radius 1 is 1.09 bits per heavy atom. The Kier molecular flexibility index (Phi) is 5.40. The fourth-order valence-electron chi connectivity index (χ4n) is 6.12. The van der Waals surface area contributed by atoms with Crippen LogP contribution in [-0.4, -0.2) is 25.1 Å². The number of anilines is 2. The maximum Gasteiger partial charge on any atom is 0.161 e. The minimum atomic E-state index is -0.477. The highest BCUT2D eigenvalue weighted by Crippen LogP contribution is 2.55. The third-order valence-electron chi connectivity index (χ3n) is 7.77. The number of hydrogen-bond acceptors (Lipinski definition) is 8. The van der Waals surface area contributed by atoms with Crippen molar-refractivity contribution in [3.63, 3.8) is 0 Å². The Hall–Kier alpha value is -3.20. The van der Waals surface area contributed by atoms with E-state index in [0.717, 1.165) is 64.1 Å². The maximum atomic E-state index is 13.4. The number of carbonyl (C=O) groups is 1. The van der Waals surface area contributed by atoms with E-state index in [1.54, 1.807) is 23.1 Å². The van der Waals surface area contributed by atoms with E-state index in [4.69, 9.17) is 5.73 Å². The zero-order chi connectivity index (χ0) is 24.3. The second-order valence-corrected chi connectivity index (χ2v) is 11.3. The van der Waals surface area contributed by atoms with Gasteiger partial charge < -0.3 is 10.6 Å². The van der Waals surface area contributed by atoms with Gasteiger partial charge in [-0.15, -0.1) is 11.8 Å². The minimum absolute atomic E-state index is 0.0686. The summed E-state index contributed by atoms with van der Waals surface area (Å²) in [5.41, 5.74) is 11.4. The lowest BCUT2D eigenvalue weighted by Gasteiger charge is -2.39. The van der Waals surface area contributed by atoms with E-state index in [1.807, 2.05) is 35.4 Å². The van der Waals surface area contributed by atoms with Crippen LogP contribution in [0.4, 0.5) is 10.0 Å². The first kappa shape index (κ1) is 22.3. The van der Waals surface area contributed by atoms with Gasteiger partial charge in [0.15, 0.2) is 5.78 Å². The van der Waals surface area contributed by atoms with Crippen LogP contribution in [0.15, 0.2) is 51.8 Å². The zero-order valence-corrected chi connectivity index (χ0v) is 21.1. The normalized spacial score (nSPS) is 21.7. The van der Waals surface area contributed by atoms with Crippen molar-refractivity contribution in [2.75, 3.05) is 29.1 Å². The molecule has 8 heteroatoms. The Labute approximate surface area is 213 Å². The third-order valence-corrected chi connectivity index (χ3v) is 9.77. The molecular formula is C27H25N5OS2. The maximum absolute atomic E-state index is 13.4. The summed E-state index contributed by atoms with van der Waals surface area (Å²) in [5, 5.41) is 22.5. The van der Waals surface area contributed by atoms with Crippen molar-refractivity contribution in [2.24, 2.45) is 5.73 Å². The van der Waals surface area contributed by atoms with Crippen molar-refractivity contribution in [1.82, 2.24) is 0 Å². The smallest absolute Gasteiger partial charge is 0.161 e. The number of ketones is 1. The lowest BCUT2D eigenvalue weighted by molar-refractivity contribution is -0.116. The first-order valence-electron chi connectivity index (χ1n) is 12.0. The summed E-state index contributed by atoms with van der Waals surface area (Å²) in [6.07, 6.45) is 6.05. The van der Waals surface area contributed by atoms with Gasteiger partial charge in [-0.3, -0.25) is 9.69 Å². The molecule has 0 saturated carbocycles. The molecule has 2 aromatic rings. The molecule has 1 unspecified atom stereocenters. The van der Waals surface area contributed by atoms with Gasteiger partial charge in [-0.2, -0.15) is 10.5 Å². The van der Waals surface area contributed by atoms with Crippen LogP contribution in [0.25, 0.3) is 0 Å². The Morgan fingerprint density at radius 2 is 1.83 bits per heavy atom. The molecule has 0 radical (unpaired) electrons. The number of nitrogens with two attached hydrogens (primary N) is 1. The van der Waals surface area contributed by atoms with Gasteiger partial charge >= 0.3 is 0 Å². The minimum Gasteiger partial charge on any atom is -0.384 e. The monoisotopic (exact) mass is 499 g/mol. The number of rotatable bonds is 3. The standard InChI is InChI=1S/C27H25N5OS2/c1-34-17-7-5-15(6-8-17)22-18(13-28)25(30)32(20-3-2-4-21(33)24(20)22)26-19(14-29)23-16-9-11-31(12-10-16)27(23)35-26/h5-8,16,22H,2-4,9-12,30H2,1H3. The number of carbonyl (C=O) groups excluding carboxylic acids is 1. The van der Waals surface area contributed by atoms with E-state index < -0.39 is 5.92 Å². The molecule has 0 spiro atoms. The Morgan fingerprint density at radius 3 is 2.49 bits per heavy atom. The Bertz CT molecular complexity index is 1380. The summed E-state index contributed by atoms with van der Waals surface area (Å²) in [6.45, 7) is 2.02. The fourth-order valence-corrected chi connectivity index (χ4v) is 7.96. The van der Waals surface area contributed by atoms with Gasteiger partial charge in [0.2, 0.25) is 0 Å². The van der Waals surface area contributed by atoms with Crippen molar-refractivity contribution >= 4 is 38.9 Å². The molecule has 5 heterocycles. The Balaban J connectivity index is 1.57. The van der Waals surface area contributed by atoms with Crippen molar-refractivity contribution in [2.45, 2.75) is 48.8 Å². The zero-order valence-electron chi connectivity index (χ0n) is 19.5. The number of Topliss-reactive ketones (excluding diaryl/α,β-unsaturated/α-hetero) is 1. The number of piperidine rings is 1. The average Bonchev–Trinajstić information content (AvgIpc) is 3.30. The van der Waals surface area contributed by atoms with E-state index in [2.05, 4.69) is 17.0 Å². The van der Waals surface area contributed by atoms with Crippen LogP contribution in [0, 0.1) is 22.7 Å². The molecule has 0 amide bonds. The first-order chi connectivity index (χ1) is 17.1. The molecule has 6 nitrogen and oxygen atoms in total. The number of nitriles is 2. The number of allylic oxidation sites excluding steroid dienone is 3. The van der Waals surface area contributed by atoms with E-state index in [1.165, 1.54) is 0 Å². The number of nitrogens with zero attached hydrogens (tertiary/aromatic N) is 4. The van der Waals surface area contributed by atoms with Crippen LogP contribution >= 0.6 is 23.1 Å². The van der Waals surface area contributed by atoms with Crippen LogP contribution in [0.5, 0.6) is 0 Å². The van der Waals surface area contributed by atoms with Crippen molar-refractivity contribution in [1.29, 1.82) is 10.5 Å². The third kappa shape index (κ3) is 3.24. The molecule has 5 aliphatic rings. The van der Waals surface area contributed by atoms with Crippen LogP contribution in [-0.2, 0) is 4.79 Å². The highest BCUT2D eigenvalue weighted by molar-refractivity contribution is 7.98. The van der Waals surface area contributed by atoms with Crippen LogP contribution in [0.1, 0.15) is 60.6 Å². The number of hydrogen-bond donors (Lipinski definition) is 1. The summed E-state index contributed by atoms with van der Waals surface area (Å²) in [5.74, 6) is 0.329. The summed E-state index contributed by atoms with van der Waals surface area (Å²) >= 11 is 3.24. The van der Waals surface area contributed by atoms with Crippen LogP contribution in [0.3, 0.4) is 0 Å². The van der Waals surface area contributed by atoms with Gasteiger partial charge in [-0.25, -0.2) is 0 Å². The summed E-state index contributed by atoms with van der Waals surface area (Å²) < 4.78 is 0. The van der Waals surface area contributed by atoms with Crippen molar-refractivity contribution in [3.05, 3.63) is 63.6 Å². The lowest BCUT2D eigenvalue weighted by atomic mass is 9.75. The van der Waals surface area contributed by atoms with E-state index in [0.29, 0.717) is 41.3 Å². The van der Waals surface area contributed by atoms with Crippen LogP contribution in [0.2, 0.25) is 0 Å². The number of thiophene rings is 1. The molecule has 2 N–H and O–H groups in total. The number of fused-ring (bicyclic) bond motifs is 2. The molecule has 1 aromatic heterocycles. The van der Waals surface area contributed by atoms with E-state index in [-0.39, 0.29) is 5.78 Å². The van der Waals surface area contributed by atoms with E-state index in [9.17, 15) is 15.3 Å². The molecule has 2 bridgehead atoms. The van der Waals surface area contributed by atoms with Gasteiger partial charge in [0.1, 0.15) is 16.9 Å². The fraction of sp³-hybridized carbons (Fsp3) is 0.370. The average molecular weight is 500 g/mol. The van der Waals surface area contributed by atoms with Crippen molar-refractivity contribution in [3.8, 4) is 12.1 Å². The molecule has 1 fully saturated rings. The lowest BCUT2D eigenvalue weighted by Crippen LogP contribution is -2.38. The highest BCUT2D eigenvalue weighted by atomic mass is 32.2. The molecule has 1 saturated heterocycles. The van der Waals surface area contributed by atoms with Crippen LogP contribution < -0.4 is 15.5 Å².